The molecule has 0 bridgehead atoms. The predicted octanol–water partition coefficient (Wildman–Crippen LogP) is 2.31. The van der Waals surface area contributed by atoms with Gasteiger partial charge in [-0.25, -0.2) is 9.78 Å². The zero-order valence-corrected chi connectivity index (χ0v) is 11.0. The van der Waals surface area contributed by atoms with Crippen LogP contribution in [0.25, 0.3) is 0 Å². The first-order valence-electron chi connectivity index (χ1n) is 5.96. The maximum absolute atomic E-state index is 10.9. The van der Waals surface area contributed by atoms with Crippen LogP contribution >= 0.6 is 0 Å². The summed E-state index contributed by atoms with van der Waals surface area (Å²) in [7, 11) is 1.98. The molecule has 0 unspecified atom stereocenters. The van der Waals surface area contributed by atoms with E-state index < -0.39 is 5.97 Å². The number of carboxylic acids is 1. The van der Waals surface area contributed by atoms with Crippen molar-refractivity contribution >= 4 is 5.97 Å². The topological polar surface area (TPSA) is 66.6 Å². The Balaban J connectivity index is 2.02. The lowest BCUT2D eigenvalue weighted by Crippen LogP contribution is -2.17. The van der Waals surface area contributed by atoms with Crippen molar-refractivity contribution in [2.75, 3.05) is 7.05 Å². The highest BCUT2D eigenvalue weighted by Crippen LogP contribution is 2.13. The van der Waals surface area contributed by atoms with Gasteiger partial charge in [0.05, 0.1) is 6.26 Å². The number of aromatic nitrogens is 1. The van der Waals surface area contributed by atoms with Gasteiger partial charge in [0.15, 0.2) is 0 Å². The van der Waals surface area contributed by atoms with E-state index in [0.29, 0.717) is 6.54 Å². The zero-order chi connectivity index (χ0) is 13.8. The van der Waals surface area contributed by atoms with E-state index in [2.05, 4.69) is 9.88 Å². The molecule has 0 spiro atoms. The van der Waals surface area contributed by atoms with Crippen LogP contribution in [0.1, 0.15) is 27.4 Å². The Labute approximate surface area is 111 Å². The molecule has 19 heavy (non-hydrogen) atoms. The van der Waals surface area contributed by atoms with Crippen molar-refractivity contribution in [2.45, 2.75) is 20.0 Å². The van der Waals surface area contributed by atoms with Crippen LogP contribution in [0.3, 0.4) is 0 Å². The summed E-state index contributed by atoms with van der Waals surface area (Å²) in [5.41, 5.74) is 2.14. The number of hydrogen-bond acceptors (Lipinski definition) is 4. The summed E-state index contributed by atoms with van der Waals surface area (Å²) in [6, 6.07) is 5.37. The van der Waals surface area contributed by atoms with Gasteiger partial charge in [0.2, 0.25) is 0 Å². The molecule has 0 fully saturated rings. The fourth-order valence-electron chi connectivity index (χ4n) is 1.92. The fourth-order valence-corrected chi connectivity index (χ4v) is 1.92. The van der Waals surface area contributed by atoms with Crippen LogP contribution in [0.2, 0.25) is 0 Å². The Morgan fingerprint density at radius 2 is 2.21 bits per heavy atom. The van der Waals surface area contributed by atoms with Crippen LogP contribution in [0, 0.1) is 6.92 Å². The van der Waals surface area contributed by atoms with E-state index in [1.165, 1.54) is 6.20 Å². The molecule has 0 aliphatic rings. The molecule has 100 valence electrons. The van der Waals surface area contributed by atoms with Crippen molar-refractivity contribution in [1.29, 1.82) is 0 Å². The van der Waals surface area contributed by atoms with Crippen molar-refractivity contribution in [3.63, 3.8) is 0 Å². The predicted molar refractivity (Wildman–Crippen MR) is 69.8 cm³/mol. The van der Waals surface area contributed by atoms with Gasteiger partial charge in [0, 0.05) is 24.8 Å². The molecule has 0 radical (unpaired) electrons. The number of rotatable bonds is 5. The highest BCUT2D eigenvalue weighted by atomic mass is 16.4. The number of carboxylic acid groups (broad SMARTS) is 1. The van der Waals surface area contributed by atoms with Crippen LogP contribution in [0.4, 0.5) is 0 Å². The van der Waals surface area contributed by atoms with E-state index in [-0.39, 0.29) is 5.69 Å². The average Bonchev–Trinajstić information content (AvgIpc) is 2.75. The largest absolute Gasteiger partial charge is 0.477 e. The summed E-state index contributed by atoms with van der Waals surface area (Å²) in [4.78, 5) is 16.8. The lowest BCUT2D eigenvalue weighted by molar-refractivity contribution is 0.0690. The molecule has 2 heterocycles. The molecular weight excluding hydrogens is 244 g/mol. The summed E-state index contributed by atoms with van der Waals surface area (Å²) >= 11 is 0. The molecule has 5 nitrogen and oxygen atoms in total. The van der Waals surface area contributed by atoms with E-state index in [0.717, 1.165) is 23.4 Å². The molecular formula is C14H16N2O3. The quantitative estimate of drug-likeness (QED) is 0.893. The number of hydrogen-bond donors (Lipinski definition) is 1. The van der Waals surface area contributed by atoms with Crippen LogP contribution in [-0.4, -0.2) is 28.0 Å². The smallest absolute Gasteiger partial charge is 0.354 e. The van der Waals surface area contributed by atoms with Crippen LogP contribution in [-0.2, 0) is 13.1 Å². The fraction of sp³-hybridized carbons (Fsp3) is 0.286. The second-order valence-corrected chi connectivity index (χ2v) is 4.53. The molecule has 0 atom stereocenters. The van der Waals surface area contributed by atoms with E-state index >= 15 is 0 Å². The number of carbonyl (C=O) groups is 1. The maximum Gasteiger partial charge on any atom is 0.354 e. The molecule has 0 saturated carbocycles. The Bertz CT molecular complexity index is 578. The lowest BCUT2D eigenvalue weighted by Gasteiger charge is -2.16. The SMILES string of the molecule is Cc1occc1CN(C)Cc1ccnc(C(=O)O)c1. The zero-order valence-electron chi connectivity index (χ0n) is 11.0. The third-order valence-electron chi connectivity index (χ3n) is 2.90. The molecule has 2 aromatic rings. The number of pyridine rings is 1. The minimum absolute atomic E-state index is 0.0744. The summed E-state index contributed by atoms with van der Waals surface area (Å²) < 4.78 is 5.25. The van der Waals surface area contributed by atoms with Crippen molar-refractivity contribution in [3.8, 4) is 0 Å². The van der Waals surface area contributed by atoms with Gasteiger partial charge in [-0.3, -0.25) is 4.90 Å². The number of aromatic carboxylic acids is 1. The van der Waals surface area contributed by atoms with Crippen molar-refractivity contribution in [3.05, 3.63) is 53.2 Å². The van der Waals surface area contributed by atoms with Gasteiger partial charge < -0.3 is 9.52 Å². The van der Waals surface area contributed by atoms with Crippen molar-refractivity contribution in [2.24, 2.45) is 0 Å². The molecule has 0 amide bonds. The van der Waals surface area contributed by atoms with Crippen LogP contribution in [0.5, 0.6) is 0 Å². The summed E-state index contributed by atoms with van der Waals surface area (Å²) in [5.74, 6) is -0.0945. The van der Waals surface area contributed by atoms with Gasteiger partial charge in [-0.15, -0.1) is 0 Å². The average molecular weight is 260 g/mol. The summed E-state index contributed by atoms with van der Waals surface area (Å²) in [5, 5.41) is 8.90. The van der Waals surface area contributed by atoms with Crippen LogP contribution < -0.4 is 0 Å². The summed E-state index contributed by atoms with van der Waals surface area (Å²) in [6.45, 7) is 3.35. The highest BCUT2D eigenvalue weighted by molar-refractivity contribution is 5.85. The molecule has 0 saturated heterocycles. The second-order valence-electron chi connectivity index (χ2n) is 4.53. The normalized spacial score (nSPS) is 10.9. The molecule has 2 aromatic heterocycles. The number of aryl methyl sites for hydroxylation is 1. The van der Waals surface area contributed by atoms with Gasteiger partial charge in [0.1, 0.15) is 11.5 Å². The number of furan rings is 1. The maximum atomic E-state index is 10.9. The highest BCUT2D eigenvalue weighted by Gasteiger charge is 2.09. The number of nitrogens with zero attached hydrogens (tertiary/aromatic N) is 2. The van der Waals surface area contributed by atoms with Crippen molar-refractivity contribution < 1.29 is 14.3 Å². The summed E-state index contributed by atoms with van der Waals surface area (Å²) in [6.07, 6.45) is 3.20. The van der Waals surface area contributed by atoms with Gasteiger partial charge in [-0.2, -0.15) is 0 Å². The van der Waals surface area contributed by atoms with E-state index in [1.54, 1.807) is 12.3 Å². The molecule has 0 aliphatic heterocycles. The minimum atomic E-state index is -1.00. The molecule has 0 aliphatic carbocycles. The van der Waals surface area contributed by atoms with E-state index in [1.807, 2.05) is 26.1 Å². The van der Waals surface area contributed by atoms with Crippen molar-refractivity contribution in [1.82, 2.24) is 9.88 Å². The Hall–Kier alpha value is -2.14. The Morgan fingerprint density at radius 1 is 1.42 bits per heavy atom. The third kappa shape index (κ3) is 3.42. The van der Waals surface area contributed by atoms with Gasteiger partial charge >= 0.3 is 5.97 Å². The second kappa shape index (κ2) is 5.67. The van der Waals surface area contributed by atoms with Gasteiger partial charge in [-0.05, 0) is 37.7 Å². The van der Waals surface area contributed by atoms with E-state index in [4.69, 9.17) is 9.52 Å². The van der Waals surface area contributed by atoms with E-state index in [9.17, 15) is 4.79 Å². The molecule has 1 N–H and O–H groups in total. The van der Waals surface area contributed by atoms with Gasteiger partial charge in [-0.1, -0.05) is 0 Å². The minimum Gasteiger partial charge on any atom is -0.477 e. The molecule has 2 rings (SSSR count). The first-order chi connectivity index (χ1) is 9.06. The monoisotopic (exact) mass is 260 g/mol. The third-order valence-corrected chi connectivity index (χ3v) is 2.90. The van der Waals surface area contributed by atoms with Crippen LogP contribution in [0.15, 0.2) is 35.1 Å². The standard InChI is InChI=1S/C14H16N2O3/c1-10-12(4-6-19-10)9-16(2)8-11-3-5-15-13(7-11)14(17)18/h3-7H,8-9H2,1-2H3,(H,17,18). The van der Waals surface area contributed by atoms with Gasteiger partial charge in [0.25, 0.3) is 0 Å². The molecule has 0 aromatic carbocycles. The molecule has 5 heteroatoms. The Kier molecular flexibility index (Phi) is 3.97. The lowest BCUT2D eigenvalue weighted by atomic mass is 10.2. The Morgan fingerprint density at radius 3 is 2.84 bits per heavy atom. The first-order valence-corrected chi connectivity index (χ1v) is 5.96. The first kappa shape index (κ1) is 13.3.